The number of hydrogen-bond acceptors (Lipinski definition) is 1. The van der Waals surface area contributed by atoms with E-state index in [0.717, 1.165) is 43.4 Å². The molecule has 1 saturated heterocycles. The minimum absolute atomic E-state index is 0.113. The molecule has 0 bridgehead atoms. The summed E-state index contributed by atoms with van der Waals surface area (Å²) in [4.78, 5) is 17.1. The SMILES string of the molecule is O=C(NC1CC[NH+](Cc2ccccc2)CC1)c1cc2cc(F)ccc2[nH]1. The number of fused-ring (bicyclic) bond motifs is 1. The standard InChI is InChI=1S/C21H22FN3O/c22-17-6-7-19-16(12-17)13-20(24-19)21(26)23-18-8-10-25(11-9-18)14-15-4-2-1-3-5-15/h1-7,12-13,18,24H,8-11,14H2,(H,23,26)/p+1. The van der Waals surface area contributed by atoms with Crippen molar-refractivity contribution in [1.29, 1.82) is 0 Å². The molecule has 2 heterocycles. The van der Waals surface area contributed by atoms with E-state index in [1.54, 1.807) is 17.0 Å². The molecule has 1 amide bonds. The summed E-state index contributed by atoms with van der Waals surface area (Å²) in [5, 5.41) is 3.84. The van der Waals surface area contributed by atoms with Gasteiger partial charge in [-0.15, -0.1) is 0 Å². The van der Waals surface area contributed by atoms with Crippen LogP contribution in [0.4, 0.5) is 4.39 Å². The number of quaternary nitrogens is 1. The van der Waals surface area contributed by atoms with Gasteiger partial charge in [0.05, 0.1) is 13.1 Å². The molecule has 134 valence electrons. The quantitative estimate of drug-likeness (QED) is 0.663. The molecule has 4 rings (SSSR count). The Bertz CT molecular complexity index is 898. The van der Waals surface area contributed by atoms with Crippen molar-refractivity contribution in [3.05, 3.63) is 71.7 Å². The zero-order valence-corrected chi connectivity index (χ0v) is 14.6. The molecule has 1 aliphatic heterocycles. The third-order valence-corrected chi connectivity index (χ3v) is 5.15. The number of aromatic nitrogens is 1. The molecule has 1 aliphatic rings. The van der Waals surface area contributed by atoms with Crippen molar-refractivity contribution in [1.82, 2.24) is 10.3 Å². The van der Waals surface area contributed by atoms with Gasteiger partial charge in [0.1, 0.15) is 18.1 Å². The lowest BCUT2D eigenvalue weighted by atomic mass is 10.0. The van der Waals surface area contributed by atoms with E-state index in [1.165, 1.54) is 17.7 Å². The lowest BCUT2D eigenvalue weighted by Crippen LogP contribution is -3.12. The molecule has 0 spiro atoms. The van der Waals surface area contributed by atoms with Crippen molar-refractivity contribution in [2.24, 2.45) is 0 Å². The molecular formula is C21H23FN3O+. The number of benzene rings is 2. The maximum atomic E-state index is 13.3. The van der Waals surface area contributed by atoms with Crippen LogP contribution in [0.5, 0.6) is 0 Å². The van der Waals surface area contributed by atoms with Crippen LogP contribution in [-0.4, -0.2) is 30.0 Å². The fourth-order valence-electron chi connectivity index (χ4n) is 3.72. The van der Waals surface area contributed by atoms with Crippen LogP contribution in [0.2, 0.25) is 0 Å². The van der Waals surface area contributed by atoms with Gasteiger partial charge < -0.3 is 15.2 Å². The van der Waals surface area contributed by atoms with Crippen molar-refractivity contribution in [3.8, 4) is 0 Å². The molecule has 0 radical (unpaired) electrons. The van der Waals surface area contributed by atoms with Crippen molar-refractivity contribution in [2.45, 2.75) is 25.4 Å². The number of nitrogens with one attached hydrogen (secondary N) is 3. The Kier molecular flexibility index (Phi) is 4.71. The number of rotatable bonds is 4. The van der Waals surface area contributed by atoms with Gasteiger partial charge in [0.15, 0.2) is 0 Å². The van der Waals surface area contributed by atoms with Gasteiger partial charge in [0, 0.05) is 35.3 Å². The summed E-state index contributed by atoms with van der Waals surface area (Å²) in [6.07, 6.45) is 1.95. The Morgan fingerprint density at radius 2 is 1.88 bits per heavy atom. The molecule has 3 N–H and O–H groups in total. The Hall–Kier alpha value is -2.66. The Morgan fingerprint density at radius 3 is 2.65 bits per heavy atom. The second-order valence-electron chi connectivity index (χ2n) is 7.07. The second-order valence-corrected chi connectivity index (χ2v) is 7.07. The number of aromatic amines is 1. The fourth-order valence-corrected chi connectivity index (χ4v) is 3.72. The molecule has 26 heavy (non-hydrogen) atoms. The number of amides is 1. The van der Waals surface area contributed by atoms with Crippen LogP contribution in [-0.2, 0) is 6.54 Å². The number of likely N-dealkylation sites (tertiary alicyclic amines) is 1. The highest BCUT2D eigenvalue weighted by Gasteiger charge is 2.24. The van der Waals surface area contributed by atoms with Gasteiger partial charge in [-0.2, -0.15) is 0 Å². The number of carbonyl (C=O) groups is 1. The summed E-state index contributed by atoms with van der Waals surface area (Å²) in [7, 11) is 0. The number of piperidine rings is 1. The average Bonchev–Trinajstić information content (AvgIpc) is 3.07. The van der Waals surface area contributed by atoms with Crippen LogP contribution >= 0.6 is 0 Å². The number of hydrogen-bond donors (Lipinski definition) is 3. The van der Waals surface area contributed by atoms with E-state index >= 15 is 0 Å². The van der Waals surface area contributed by atoms with Crippen LogP contribution in [0.3, 0.4) is 0 Å². The van der Waals surface area contributed by atoms with Crippen molar-refractivity contribution in [3.63, 3.8) is 0 Å². The minimum Gasteiger partial charge on any atom is -0.351 e. The molecule has 0 saturated carbocycles. The number of halogens is 1. The van der Waals surface area contributed by atoms with Gasteiger partial charge in [0.25, 0.3) is 5.91 Å². The normalized spacial score (nSPS) is 20.2. The first-order valence-electron chi connectivity index (χ1n) is 9.14. The molecule has 4 nitrogen and oxygen atoms in total. The highest BCUT2D eigenvalue weighted by atomic mass is 19.1. The average molecular weight is 352 g/mol. The first-order valence-corrected chi connectivity index (χ1v) is 9.14. The molecule has 1 fully saturated rings. The first kappa shape index (κ1) is 16.8. The van der Waals surface area contributed by atoms with Crippen molar-refractivity contribution < 1.29 is 14.1 Å². The van der Waals surface area contributed by atoms with E-state index in [-0.39, 0.29) is 17.8 Å². The van der Waals surface area contributed by atoms with Crippen LogP contribution in [0.25, 0.3) is 10.9 Å². The topological polar surface area (TPSA) is 49.3 Å². The van der Waals surface area contributed by atoms with E-state index in [0.29, 0.717) is 5.69 Å². The summed E-state index contributed by atoms with van der Waals surface area (Å²) in [6.45, 7) is 3.14. The van der Waals surface area contributed by atoms with Crippen LogP contribution < -0.4 is 10.2 Å². The zero-order valence-electron chi connectivity index (χ0n) is 14.6. The Morgan fingerprint density at radius 1 is 1.12 bits per heavy atom. The summed E-state index contributed by atoms with van der Waals surface area (Å²) in [5.41, 5.74) is 2.62. The number of carbonyl (C=O) groups excluding carboxylic acids is 1. The van der Waals surface area contributed by atoms with Gasteiger partial charge in [-0.25, -0.2) is 4.39 Å². The largest absolute Gasteiger partial charge is 0.351 e. The Labute approximate surface area is 152 Å². The predicted octanol–water partition coefficient (Wildman–Crippen LogP) is 2.28. The van der Waals surface area contributed by atoms with Gasteiger partial charge in [-0.3, -0.25) is 4.79 Å². The lowest BCUT2D eigenvalue weighted by Gasteiger charge is -2.29. The smallest absolute Gasteiger partial charge is 0.267 e. The molecular weight excluding hydrogens is 329 g/mol. The fraction of sp³-hybridized carbons (Fsp3) is 0.286. The third-order valence-electron chi connectivity index (χ3n) is 5.15. The Balaban J connectivity index is 1.32. The zero-order chi connectivity index (χ0) is 17.9. The van der Waals surface area contributed by atoms with Crippen molar-refractivity contribution in [2.75, 3.05) is 13.1 Å². The molecule has 0 aliphatic carbocycles. The summed E-state index contributed by atoms with van der Waals surface area (Å²) in [5.74, 6) is -0.407. The minimum atomic E-state index is -0.294. The third kappa shape index (κ3) is 3.78. The van der Waals surface area contributed by atoms with Crippen LogP contribution in [0, 0.1) is 5.82 Å². The van der Waals surface area contributed by atoms with Gasteiger partial charge in [-0.1, -0.05) is 30.3 Å². The molecule has 2 aromatic carbocycles. The predicted molar refractivity (Wildman–Crippen MR) is 99.6 cm³/mol. The second kappa shape index (κ2) is 7.30. The molecule has 3 aromatic rings. The molecule has 0 atom stereocenters. The monoisotopic (exact) mass is 352 g/mol. The van der Waals surface area contributed by atoms with Crippen LogP contribution in [0.15, 0.2) is 54.6 Å². The van der Waals surface area contributed by atoms with Crippen molar-refractivity contribution >= 4 is 16.8 Å². The summed E-state index contributed by atoms with van der Waals surface area (Å²) in [6, 6.07) is 16.9. The van der Waals surface area contributed by atoms with E-state index in [4.69, 9.17) is 0 Å². The maximum Gasteiger partial charge on any atom is 0.267 e. The van der Waals surface area contributed by atoms with E-state index in [2.05, 4.69) is 34.6 Å². The molecule has 5 heteroatoms. The highest BCUT2D eigenvalue weighted by Crippen LogP contribution is 2.17. The van der Waals surface area contributed by atoms with Crippen LogP contribution in [0.1, 0.15) is 28.9 Å². The lowest BCUT2D eigenvalue weighted by molar-refractivity contribution is -0.918. The van der Waals surface area contributed by atoms with E-state index < -0.39 is 0 Å². The summed E-state index contributed by atoms with van der Waals surface area (Å²) >= 11 is 0. The van der Waals surface area contributed by atoms with Gasteiger partial charge in [-0.05, 0) is 24.3 Å². The molecule has 0 unspecified atom stereocenters. The summed E-state index contributed by atoms with van der Waals surface area (Å²) < 4.78 is 13.3. The first-order chi connectivity index (χ1) is 12.7. The molecule has 1 aromatic heterocycles. The maximum absolute atomic E-state index is 13.3. The number of H-pyrrole nitrogens is 1. The van der Waals surface area contributed by atoms with Gasteiger partial charge >= 0.3 is 0 Å². The van der Waals surface area contributed by atoms with Gasteiger partial charge in [0.2, 0.25) is 0 Å². The van der Waals surface area contributed by atoms with E-state index in [1.807, 2.05) is 6.07 Å². The van der Waals surface area contributed by atoms with E-state index in [9.17, 15) is 9.18 Å². The highest BCUT2D eigenvalue weighted by molar-refractivity contribution is 5.98.